The molecule has 21 heavy (non-hydrogen) atoms. The van der Waals surface area contributed by atoms with Crippen LogP contribution in [-0.4, -0.2) is 12.1 Å². The summed E-state index contributed by atoms with van der Waals surface area (Å²) in [4.78, 5) is 0. The van der Waals surface area contributed by atoms with Gasteiger partial charge in [-0.1, -0.05) is 36.7 Å². The van der Waals surface area contributed by atoms with Crippen LogP contribution in [0.15, 0.2) is 22.7 Å². The molecule has 0 aliphatic heterocycles. The summed E-state index contributed by atoms with van der Waals surface area (Å²) in [6.07, 6.45) is 4.86. The smallest absolute Gasteiger partial charge is 0.0495 e. The van der Waals surface area contributed by atoms with Crippen molar-refractivity contribution in [2.24, 2.45) is 17.1 Å². The minimum atomic E-state index is 0.0645. The van der Waals surface area contributed by atoms with Crippen LogP contribution >= 0.6 is 15.9 Å². The topological polar surface area (TPSA) is 38.0 Å². The maximum Gasteiger partial charge on any atom is 0.0495 e. The lowest BCUT2D eigenvalue weighted by molar-refractivity contribution is 0.145. The molecule has 0 spiro atoms. The molecule has 0 unspecified atom stereocenters. The van der Waals surface area contributed by atoms with Crippen molar-refractivity contribution in [1.29, 1.82) is 0 Å². The fraction of sp³-hybridized carbons (Fsp3) is 0.667. The van der Waals surface area contributed by atoms with Gasteiger partial charge in [-0.05, 0) is 67.7 Å². The van der Waals surface area contributed by atoms with E-state index in [1.54, 1.807) is 0 Å². The SMILES string of the molecule is Cc1cc(Br)cc(NC2(CN)CCC(C(C)(C)C)CC2)c1. The molecular formula is C18H29BrN2. The second-order valence-corrected chi connectivity index (χ2v) is 8.68. The van der Waals surface area contributed by atoms with E-state index in [-0.39, 0.29) is 5.54 Å². The average molecular weight is 353 g/mol. The lowest BCUT2D eigenvalue weighted by Crippen LogP contribution is -2.49. The van der Waals surface area contributed by atoms with Crippen molar-refractivity contribution in [2.45, 2.75) is 58.9 Å². The van der Waals surface area contributed by atoms with Crippen molar-refractivity contribution in [3.05, 3.63) is 28.2 Å². The van der Waals surface area contributed by atoms with Gasteiger partial charge in [-0.3, -0.25) is 0 Å². The standard InChI is InChI=1S/C18H29BrN2/c1-13-9-15(19)11-16(10-13)21-18(12-20)7-5-14(6-8-18)17(2,3)4/h9-11,14,21H,5-8,12,20H2,1-4H3. The molecule has 2 rings (SSSR count). The van der Waals surface area contributed by atoms with Crippen LogP contribution in [0.4, 0.5) is 5.69 Å². The Bertz CT molecular complexity index is 462. The van der Waals surface area contributed by atoms with E-state index in [2.05, 4.69) is 67.1 Å². The number of hydrogen-bond acceptors (Lipinski definition) is 2. The number of aryl methyl sites for hydroxylation is 1. The fourth-order valence-electron chi connectivity index (χ4n) is 3.53. The molecule has 0 saturated heterocycles. The summed E-state index contributed by atoms with van der Waals surface area (Å²) < 4.78 is 1.13. The molecule has 0 amide bonds. The van der Waals surface area contributed by atoms with E-state index >= 15 is 0 Å². The van der Waals surface area contributed by atoms with E-state index in [9.17, 15) is 0 Å². The van der Waals surface area contributed by atoms with Gasteiger partial charge in [0.15, 0.2) is 0 Å². The van der Waals surface area contributed by atoms with Crippen molar-refractivity contribution >= 4 is 21.6 Å². The maximum absolute atomic E-state index is 6.14. The first-order valence-corrected chi connectivity index (χ1v) is 8.79. The van der Waals surface area contributed by atoms with Crippen LogP contribution < -0.4 is 11.1 Å². The van der Waals surface area contributed by atoms with Gasteiger partial charge in [0.1, 0.15) is 0 Å². The van der Waals surface area contributed by atoms with Crippen molar-refractivity contribution < 1.29 is 0 Å². The van der Waals surface area contributed by atoms with E-state index in [4.69, 9.17) is 5.73 Å². The quantitative estimate of drug-likeness (QED) is 0.793. The highest BCUT2D eigenvalue weighted by molar-refractivity contribution is 9.10. The van der Waals surface area contributed by atoms with Crippen LogP contribution in [0.1, 0.15) is 52.0 Å². The van der Waals surface area contributed by atoms with Crippen LogP contribution in [0.2, 0.25) is 0 Å². The van der Waals surface area contributed by atoms with Gasteiger partial charge in [0.2, 0.25) is 0 Å². The molecule has 2 nitrogen and oxygen atoms in total. The predicted molar refractivity (Wildman–Crippen MR) is 95.7 cm³/mol. The highest BCUT2D eigenvalue weighted by Crippen LogP contribution is 2.42. The number of rotatable bonds is 3. The molecular weight excluding hydrogens is 324 g/mol. The van der Waals surface area contributed by atoms with Crippen LogP contribution in [0, 0.1) is 18.3 Å². The Labute approximate surface area is 138 Å². The number of hydrogen-bond donors (Lipinski definition) is 2. The van der Waals surface area contributed by atoms with E-state index < -0.39 is 0 Å². The largest absolute Gasteiger partial charge is 0.378 e. The summed E-state index contributed by atoms with van der Waals surface area (Å²) in [6.45, 7) is 9.91. The fourth-order valence-corrected chi connectivity index (χ4v) is 4.14. The van der Waals surface area contributed by atoms with E-state index in [1.165, 1.54) is 24.1 Å². The zero-order valence-corrected chi connectivity index (χ0v) is 15.4. The van der Waals surface area contributed by atoms with Gasteiger partial charge >= 0.3 is 0 Å². The zero-order chi connectivity index (χ0) is 15.7. The first kappa shape index (κ1) is 16.8. The summed E-state index contributed by atoms with van der Waals surface area (Å²) in [5, 5.41) is 3.74. The Kier molecular flexibility index (Phi) is 5.04. The third kappa shape index (κ3) is 4.23. The molecule has 1 aromatic rings. The maximum atomic E-state index is 6.14. The number of anilines is 1. The first-order chi connectivity index (χ1) is 9.74. The van der Waals surface area contributed by atoms with Gasteiger partial charge in [0, 0.05) is 22.2 Å². The highest BCUT2D eigenvalue weighted by atomic mass is 79.9. The van der Waals surface area contributed by atoms with Gasteiger partial charge in [0.05, 0.1) is 0 Å². The summed E-state index contributed by atoms with van der Waals surface area (Å²) in [7, 11) is 0. The summed E-state index contributed by atoms with van der Waals surface area (Å²) in [6, 6.07) is 6.50. The minimum absolute atomic E-state index is 0.0645. The average Bonchev–Trinajstić information content (AvgIpc) is 2.37. The van der Waals surface area contributed by atoms with Gasteiger partial charge in [-0.2, -0.15) is 0 Å². The van der Waals surface area contributed by atoms with Crippen molar-refractivity contribution in [3.8, 4) is 0 Å². The minimum Gasteiger partial charge on any atom is -0.378 e. The van der Waals surface area contributed by atoms with Crippen molar-refractivity contribution in [3.63, 3.8) is 0 Å². The molecule has 1 aliphatic rings. The molecule has 1 aromatic carbocycles. The molecule has 0 atom stereocenters. The first-order valence-electron chi connectivity index (χ1n) is 8.00. The normalized spacial score (nSPS) is 26.7. The van der Waals surface area contributed by atoms with Crippen molar-refractivity contribution in [2.75, 3.05) is 11.9 Å². The molecule has 0 heterocycles. The predicted octanol–water partition coefficient (Wildman–Crippen LogP) is 5.10. The number of benzene rings is 1. The monoisotopic (exact) mass is 352 g/mol. The Morgan fingerprint density at radius 2 is 1.86 bits per heavy atom. The third-order valence-corrected chi connectivity index (χ3v) is 5.47. The van der Waals surface area contributed by atoms with E-state index in [0.29, 0.717) is 12.0 Å². The second-order valence-electron chi connectivity index (χ2n) is 7.77. The zero-order valence-electron chi connectivity index (χ0n) is 13.8. The molecule has 1 saturated carbocycles. The summed E-state index contributed by atoms with van der Waals surface area (Å²) in [5.41, 5.74) is 9.06. The number of nitrogens with one attached hydrogen (secondary N) is 1. The molecule has 0 aromatic heterocycles. The van der Waals surface area contributed by atoms with Crippen molar-refractivity contribution in [1.82, 2.24) is 0 Å². The molecule has 3 N–H and O–H groups in total. The molecule has 3 heteroatoms. The lowest BCUT2D eigenvalue weighted by atomic mass is 9.67. The van der Waals surface area contributed by atoms with Gasteiger partial charge < -0.3 is 11.1 Å². The Morgan fingerprint density at radius 3 is 2.33 bits per heavy atom. The molecule has 0 bridgehead atoms. The van der Waals surface area contributed by atoms with Crippen LogP contribution in [0.25, 0.3) is 0 Å². The molecule has 1 aliphatic carbocycles. The van der Waals surface area contributed by atoms with E-state index in [0.717, 1.165) is 23.2 Å². The van der Waals surface area contributed by atoms with Crippen LogP contribution in [-0.2, 0) is 0 Å². The Balaban J connectivity index is 2.10. The Morgan fingerprint density at radius 1 is 1.24 bits per heavy atom. The molecule has 1 fully saturated rings. The molecule has 118 valence electrons. The summed E-state index contributed by atoms with van der Waals surface area (Å²) in [5.74, 6) is 0.809. The lowest BCUT2D eigenvalue weighted by Gasteiger charge is -2.44. The summed E-state index contributed by atoms with van der Waals surface area (Å²) >= 11 is 3.58. The van der Waals surface area contributed by atoms with Crippen LogP contribution in [0.5, 0.6) is 0 Å². The second kappa shape index (κ2) is 6.29. The van der Waals surface area contributed by atoms with Gasteiger partial charge in [-0.15, -0.1) is 0 Å². The number of halogens is 1. The van der Waals surface area contributed by atoms with E-state index in [1.807, 2.05) is 0 Å². The highest BCUT2D eigenvalue weighted by Gasteiger charge is 2.37. The van der Waals surface area contributed by atoms with Gasteiger partial charge in [0.25, 0.3) is 0 Å². The third-order valence-electron chi connectivity index (χ3n) is 5.01. The molecule has 0 radical (unpaired) electrons. The number of nitrogens with two attached hydrogens (primary N) is 1. The Hall–Kier alpha value is -0.540. The van der Waals surface area contributed by atoms with Crippen LogP contribution in [0.3, 0.4) is 0 Å². The van der Waals surface area contributed by atoms with Gasteiger partial charge in [-0.25, -0.2) is 0 Å².